The molecule has 1 aromatic heterocycles. The zero-order valence-corrected chi connectivity index (χ0v) is 7.27. The van der Waals surface area contributed by atoms with Crippen LogP contribution >= 0.6 is 0 Å². The third-order valence-electron chi connectivity index (χ3n) is 1.98. The van der Waals surface area contributed by atoms with E-state index >= 15 is 0 Å². The molecule has 0 aliphatic heterocycles. The summed E-state index contributed by atoms with van der Waals surface area (Å²) in [7, 11) is 0. The first-order valence-electron chi connectivity index (χ1n) is 3.92. The van der Waals surface area contributed by atoms with E-state index in [1.165, 1.54) is 0 Å². The molecule has 76 valence electrons. The highest BCUT2D eigenvalue weighted by Crippen LogP contribution is 2.22. The lowest BCUT2D eigenvalue weighted by molar-refractivity contribution is -0.114. The Morgan fingerprint density at radius 3 is 2.53 bits per heavy atom. The fourth-order valence-corrected chi connectivity index (χ4v) is 1.31. The van der Waals surface area contributed by atoms with Crippen LogP contribution in [0.25, 0.3) is 0 Å². The molecule has 0 bridgehead atoms. The van der Waals surface area contributed by atoms with Gasteiger partial charge in [0.15, 0.2) is 5.69 Å². The van der Waals surface area contributed by atoms with Crippen LogP contribution in [-0.2, 0) is 4.79 Å². The van der Waals surface area contributed by atoms with Gasteiger partial charge in [-0.25, -0.2) is 0 Å². The monoisotopic (exact) mass is 208 g/mol. The zero-order valence-electron chi connectivity index (χ0n) is 7.27. The molecule has 1 amide bonds. The van der Waals surface area contributed by atoms with Crippen LogP contribution in [0.5, 0.6) is 0 Å². The molecular formula is C8H4N2O5. The molecule has 1 heterocycles. The Kier molecular flexibility index (Phi) is 1.75. The molecule has 2 rings (SSSR count). The van der Waals surface area contributed by atoms with E-state index in [1.54, 1.807) is 0 Å². The maximum absolute atomic E-state index is 11.3. The standard InChI is InChI=1S/C8H4N2O5/c9-8(14)5-4-6(13)2(11)1-3(12)7(4)15-10-5/h1H2,(H2,9,14). The number of carbonyl (C=O) groups is 4. The van der Waals surface area contributed by atoms with Gasteiger partial charge in [0.25, 0.3) is 5.91 Å². The molecule has 0 radical (unpaired) electrons. The molecule has 0 saturated heterocycles. The number of fused-ring (bicyclic) bond motifs is 1. The first kappa shape index (κ1) is 9.25. The van der Waals surface area contributed by atoms with Crippen LogP contribution < -0.4 is 5.73 Å². The zero-order chi connectivity index (χ0) is 11.2. The van der Waals surface area contributed by atoms with E-state index in [9.17, 15) is 19.2 Å². The molecule has 1 aliphatic carbocycles. The van der Waals surface area contributed by atoms with Gasteiger partial charge in [-0.3, -0.25) is 19.2 Å². The summed E-state index contributed by atoms with van der Waals surface area (Å²) in [5, 5.41) is 3.19. The number of Topliss-reactive ketones (excluding diaryl/α,β-unsaturated/α-hetero) is 3. The summed E-state index contributed by atoms with van der Waals surface area (Å²) in [6, 6.07) is 0. The molecule has 0 fully saturated rings. The molecule has 7 nitrogen and oxygen atoms in total. The number of nitrogens with two attached hydrogens (primary N) is 1. The van der Waals surface area contributed by atoms with Crippen molar-refractivity contribution in [3.05, 3.63) is 17.0 Å². The van der Waals surface area contributed by atoms with Gasteiger partial charge in [-0.15, -0.1) is 0 Å². The van der Waals surface area contributed by atoms with Crippen molar-refractivity contribution < 1.29 is 23.7 Å². The molecule has 1 aromatic rings. The van der Waals surface area contributed by atoms with Gasteiger partial charge in [-0.2, -0.15) is 0 Å². The third-order valence-corrected chi connectivity index (χ3v) is 1.98. The Balaban J connectivity index is 2.70. The summed E-state index contributed by atoms with van der Waals surface area (Å²) in [6.07, 6.45) is -0.556. The fourth-order valence-electron chi connectivity index (χ4n) is 1.31. The highest BCUT2D eigenvalue weighted by atomic mass is 16.5. The first-order chi connectivity index (χ1) is 7.02. The largest absolute Gasteiger partial charge is 0.364 e. The number of rotatable bonds is 1. The van der Waals surface area contributed by atoms with E-state index in [4.69, 9.17) is 5.73 Å². The second kappa shape index (κ2) is 2.84. The first-order valence-corrected chi connectivity index (χ1v) is 3.92. The maximum atomic E-state index is 11.3. The number of aromatic nitrogens is 1. The van der Waals surface area contributed by atoms with Gasteiger partial charge >= 0.3 is 0 Å². The summed E-state index contributed by atoms with van der Waals surface area (Å²) in [5.41, 5.74) is 4.01. The van der Waals surface area contributed by atoms with E-state index in [2.05, 4.69) is 9.68 Å². The van der Waals surface area contributed by atoms with Gasteiger partial charge in [-0.1, -0.05) is 5.16 Å². The quantitative estimate of drug-likeness (QED) is 0.472. The molecule has 0 aromatic carbocycles. The fraction of sp³-hybridized carbons (Fsp3) is 0.125. The number of hydrogen-bond donors (Lipinski definition) is 1. The average Bonchev–Trinajstić information content (AvgIpc) is 2.58. The number of hydrogen-bond acceptors (Lipinski definition) is 6. The lowest BCUT2D eigenvalue weighted by Gasteiger charge is -2.04. The van der Waals surface area contributed by atoms with Gasteiger partial charge < -0.3 is 10.3 Å². The van der Waals surface area contributed by atoms with E-state index in [-0.39, 0.29) is 5.76 Å². The smallest absolute Gasteiger partial charge is 0.271 e. The highest BCUT2D eigenvalue weighted by molar-refractivity contribution is 6.51. The van der Waals surface area contributed by atoms with Crippen molar-refractivity contribution in [1.82, 2.24) is 5.16 Å². The molecule has 0 unspecified atom stereocenters. The SMILES string of the molecule is NC(=O)c1noc2c1C(=O)C(=O)CC2=O. The van der Waals surface area contributed by atoms with Gasteiger partial charge in [0.1, 0.15) is 5.56 Å². The Morgan fingerprint density at radius 2 is 1.93 bits per heavy atom. The normalized spacial score (nSPS) is 15.3. The Labute approximate surface area is 82.2 Å². The third kappa shape index (κ3) is 1.17. The Hall–Kier alpha value is -2.31. The van der Waals surface area contributed by atoms with Crippen LogP contribution in [0.4, 0.5) is 0 Å². The molecule has 1 aliphatic rings. The van der Waals surface area contributed by atoms with Crippen molar-refractivity contribution >= 4 is 23.3 Å². The molecule has 0 atom stereocenters. The molecule has 0 saturated carbocycles. The van der Waals surface area contributed by atoms with Crippen molar-refractivity contribution in [3.8, 4) is 0 Å². The maximum Gasteiger partial charge on any atom is 0.271 e. The average molecular weight is 208 g/mol. The van der Waals surface area contributed by atoms with Gasteiger partial charge in [0.2, 0.25) is 23.1 Å². The lowest BCUT2D eigenvalue weighted by atomic mass is 9.93. The van der Waals surface area contributed by atoms with Crippen LogP contribution in [0.15, 0.2) is 4.52 Å². The number of ketones is 3. The highest BCUT2D eigenvalue weighted by Gasteiger charge is 2.38. The summed E-state index contributed by atoms with van der Waals surface area (Å²) < 4.78 is 4.51. The topological polar surface area (TPSA) is 120 Å². The minimum Gasteiger partial charge on any atom is -0.364 e. The van der Waals surface area contributed by atoms with E-state index in [0.717, 1.165) is 0 Å². The Bertz CT molecular complexity index is 500. The van der Waals surface area contributed by atoms with Gasteiger partial charge in [0, 0.05) is 0 Å². The molecule has 0 spiro atoms. The van der Waals surface area contributed by atoms with Crippen LogP contribution in [0.3, 0.4) is 0 Å². The summed E-state index contributed by atoms with van der Waals surface area (Å²) in [6.45, 7) is 0. The van der Waals surface area contributed by atoms with Crippen molar-refractivity contribution in [2.45, 2.75) is 6.42 Å². The predicted octanol–water partition coefficient (Wildman–Crippen LogP) is -0.888. The minimum atomic E-state index is -1.02. The van der Waals surface area contributed by atoms with Crippen LogP contribution in [0.1, 0.15) is 37.8 Å². The molecular weight excluding hydrogens is 204 g/mol. The van der Waals surface area contributed by atoms with Crippen LogP contribution in [0.2, 0.25) is 0 Å². The molecule has 2 N–H and O–H groups in total. The van der Waals surface area contributed by atoms with E-state index < -0.39 is 40.9 Å². The summed E-state index contributed by atoms with van der Waals surface area (Å²) >= 11 is 0. The van der Waals surface area contributed by atoms with E-state index in [1.807, 2.05) is 0 Å². The number of amides is 1. The van der Waals surface area contributed by atoms with Crippen molar-refractivity contribution in [2.24, 2.45) is 5.73 Å². The van der Waals surface area contributed by atoms with Crippen LogP contribution in [-0.4, -0.2) is 28.4 Å². The second-order valence-electron chi connectivity index (χ2n) is 2.95. The van der Waals surface area contributed by atoms with Gasteiger partial charge in [0.05, 0.1) is 6.42 Å². The Morgan fingerprint density at radius 1 is 1.27 bits per heavy atom. The summed E-state index contributed by atoms with van der Waals surface area (Å²) in [5.74, 6) is -3.91. The van der Waals surface area contributed by atoms with Crippen molar-refractivity contribution in [3.63, 3.8) is 0 Å². The molecule has 15 heavy (non-hydrogen) atoms. The number of nitrogens with zero attached hydrogens (tertiary/aromatic N) is 1. The number of primary amides is 1. The van der Waals surface area contributed by atoms with Gasteiger partial charge in [-0.05, 0) is 0 Å². The number of carbonyl (C=O) groups excluding carboxylic acids is 4. The van der Waals surface area contributed by atoms with Crippen molar-refractivity contribution in [1.29, 1.82) is 0 Å². The molecule has 7 heteroatoms. The van der Waals surface area contributed by atoms with Crippen LogP contribution in [0, 0.1) is 0 Å². The van der Waals surface area contributed by atoms with E-state index in [0.29, 0.717) is 0 Å². The lowest BCUT2D eigenvalue weighted by Crippen LogP contribution is -2.28. The summed E-state index contributed by atoms with van der Waals surface area (Å²) in [4.78, 5) is 44.4. The predicted molar refractivity (Wildman–Crippen MR) is 43.3 cm³/mol. The second-order valence-corrected chi connectivity index (χ2v) is 2.95. The minimum absolute atomic E-state index is 0.367. The van der Waals surface area contributed by atoms with Crippen molar-refractivity contribution in [2.75, 3.05) is 0 Å².